The third kappa shape index (κ3) is 4.76. The number of aliphatic hydroxyl groups is 1. The van der Waals surface area contributed by atoms with Crippen LogP contribution < -0.4 is 9.64 Å². The zero-order valence-electron chi connectivity index (χ0n) is 18.4. The molecule has 2 N–H and O–H groups in total. The van der Waals surface area contributed by atoms with Gasteiger partial charge in [-0.15, -0.1) is 0 Å². The van der Waals surface area contributed by atoms with Gasteiger partial charge in [-0.05, 0) is 36.1 Å². The fraction of sp³-hybridized carbons (Fsp3) is 0.500. The molecule has 4 heteroatoms. The van der Waals surface area contributed by atoms with Crippen LogP contribution in [0.2, 0.25) is 0 Å². The molecule has 2 fully saturated rings. The van der Waals surface area contributed by atoms with Gasteiger partial charge in [0, 0.05) is 29.4 Å². The van der Waals surface area contributed by atoms with Crippen molar-refractivity contribution < 1.29 is 19.5 Å². The first kappa shape index (κ1) is 21.1. The van der Waals surface area contributed by atoms with Crippen molar-refractivity contribution in [3.8, 4) is 5.75 Å². The Morgan fingerprint density at radius 1 is 1.07 bits per heavy atom. The molecule has 0 aromatic heterocycles. The topological polar surface area (TPSA) is 51.0 Å². The third-order valence-electron chi connectivity index (χ3n) is 6.77. The molecule has 2 aromatic carbocycles. The van der Waals surface area contributed by atoms with E-state index in [2.05, 4.69) is 20.8 Å². The van der Waals surface area contributed by atoms with Gasteiger partial charge in [-0.1, -0.05) is 51.1 Å². The number of benzene rings is 2. The number of fused-ring (bicyclic) bond motifs is 2. The summed E-state index contributed by atoms with van der Waals surface area (Å²) in [7, 11) is 0. The first-order valence-electron chi connectivity index (χ1n) is 11.1. The average molecular weight is 409 g/mol. The Hall–Kier alpha value is -2.17. The molecule has 0 radical (unpaired) electrons. The molecule has 1 unspecified atom stereocenters. The van der Waals surface area contributed by atoms with Crippen molar-refractivity contribution in [2.45, 2.75) is 52.2 Å². The van der Waals surface area contributed by atoms with Gasteiger partial charge in [0.25, 0.3) is 0 Å². The number of carbonyl (C=O) groups is 1. The minimum Gasteiger partial charge on any atom is -0.491 e. The normalized spacial score (nSPS) is 28.1. The maximum absolute atomic E-state index is 12.5. The lowest BCUT2D eigenvalue weighted by Gasteiger charge is -2.37. The van der Waals surface area contributed by atoms with Gasteiger partial charge in [0.2, 0.25) is 0 Å². The SMILES string of the molecule is CC1(C)C[C@@H]2C[C@@](C)(C[NH+]2C[C@H](O)COc2ccc(C(=O)c3ccccc3)cc2)C1. The summed E-state index contributed by atoms with van der Waals surface area (Å²) in [5.74, 6) is 0.685. The van der Waals surface area contributed by atoms with Crippen LogP contribution in [0.5, 0.6) is 5.75 Å². The largest absolute Gasteiger partial charge is 0.491 e. The minimum atomic E-state index is -0.489. The molecular weight excluding hydrogens is 374 g/mol. The highest BCUT2D eigenvalue weighted by molar-refractivity contribution is 6.08. The second kappa shape index (κ2) is 8.16. The molecule has 2 aliphatic rings. The van der Waals surface area contributed by atoms with Crippen molar-refractivity contribution in [2.24, 2.45) is 10.8 Å². The van der Waals surface area contributed by atoms with Gasteiger partial charge in [0.15, 0.2) is 5.78 Å². The number of hydrogen-bond acceptors (Lipinski definition) is 3. The number of ether oxygens (including phenoxy) is 1. The summed E-state index contributed by atoms with van der Waals surface area (Å²) < 4.78 is 5.82. The predicted molar refractivity (Wildman–Crippen MR) is 118 cm³/mol. The number of ketones is 1. The molecule has 2 bridgehead atoms. The summed E-state index contributed by atoms with van der Waals surface area (Å²) in [6, 6.07) is 17.1. The van der Waals surface area contributed by atoms with E-state index >= 15 is 0 Å². The molecule has 0 spiro atoms. The lowest BCUT2D eigenvalue weighted by Crippen LogP contribution is -3.15. The summed E-state index contributed by atoms with van der Waals surface area (Å²) >= 11 is 0. The molecule has 1 aliphatic carbocycles. The van der Waals surface area contributed by atoms with Crippen molar-refractivity contribution in [1.82, 2.24) is 0 Å². The summed E-state index contributed by atoms with van der Waals surface area (Å²) in [5.41, 5.74) is 2.12. The van der Waals surface area contributed by atoms with E-state index in [9.17, 15) is 9.90 Å². The number of nitrogens with one attached hydrogen (secondary N) is 1. The van der Waals surface area contributed by atoms with E-state index in [0.717, 1.165) is 13.1 Å². The maximum atomic E-state index is 12.5. The van der Waals surface area contributed by atoms with E-state index in [0.29, 0.717) is 33.7 Å². The predicted octanol–water partition coefficient (Wildman–Crippen LogP) is 3.14. The molecule has 4 atom stereocenters. The quantitative estimate of drug-likeness (QED) is 0.692. The van der Waals surface area contributed by atoms with Crippen molar-refractivity contribution in [1.29, 1.82) is 0 Å². The first-order valence-corrected chi connectivity index (χ1v) is 11.1. The molecular formula is C26H34NO3+. The second-order valence-electron chi connectivity index (χ2n) is 10.5. The van der Waals surface area contributed by atoms with Gasteiger partial charge in [-0.25, -0.2) is 0 Å². The Kier molecular flexibility index (Phi) is 5.73. The summed E-state index contributed by atoms with van der Waals surface area (Å²) in [4.78, 5) is 14.0. The highest BCUT2D eigenvalue weighted by atomic mass is 16.5. The fourth-order valence-electron chi connectivity index (χ4n) is 6.00. The molecule has 4 rings (SSSR count). The first-order chi connectivity index (χ1) is 14.2. The van der Waals surface area contributed by atoms with Crippen LogP contribution in [0.1, 0.15) is 56.0 Å². The summed E-state index contributed by atoms with van der Waals surface area (Å²) in [6.07, 6.45) is 3.30. The van der Waals surface area contributed by atoms with E-state index in [4.69, 9.17) is 4.74 Å². The molecule has 30 heavy (non-hydrogen) atoms. The van der Waals surface area contributed by atoms with E-state index in [1.165, 1.54) is 24.2 Å². The molecule has 0 amide bonds. The fourth-order valence-corrected chi connectivity index (χ4v) is 6.00. The lowest BCUT2D eigenvalue weighted by atomic mass is 9.65. The van der Waals surface area contributed by atoms with Crippen molar-refractivity contribution in [2.75, 3.05) is 19.7 Å². The summed E-state index contributed by atoms with van der Waals surface area (Å²) in [5, 5.41) is 10.6. The van der Waals surface area contributed by atoms with Crippen LogP contribution in [0.4, 0.5) is 0 Å². The van der Waals surface area contributed by atoms with Gasteiger partial charge in [0.05, 0.1) is 12.6 Å². The number of hydrogen-bond donors (Lipinski definition) is 2. The van der Waals surface area contributed by atoms with E-state index in [1.807, 2.05) is 42.5 Å². The summed E-state index contributed by atoms with van der Waals surface area (Å²) in [6.45, 7) is 9.34. The van der Waals surface area contributed by atoms with Crippen molar-refractivity contribution in [3.63, 3.8) is 0 Å². The van der Waals surface area contributed by atoms with Crippen molar-refractivity contribution in [3.05, 3.63) is 65.7 Å². The Morgan fingerprint density at radius 3 is 2.43 bits per heavy atom. The Balaban J connectivity index is 1.29. The van der Waals surface area contributed by atoms with Crippen LogP contribution >= 0.6 is 0 Å². The van der Waals surface area contributed by atoms with Gasteiger partial charge in [-0.3, -0.25) is 4.79 Å². The lowest BCUT2D eigenvalue weighted by molar-refractivity contribution is -0.917. The number of rotatable bonds is 7. The molecule has 1 saturated carbocycles. The minimum absolute atomic E-state index is 0.00218. The standard InChI is InChI=1S/C26H33NO3/c1-25(2)13-21-14-26(3,17-25)18-27(21)15-22(28)16-30-23-11-9-20(10-12-23)24(29)19-7-5-4-6-8-19/h4-12,21-22,28H,13-18H2,1-3H3/p+1/t21-,22+,26-/m1/s1. The Morgan fingerprint density at radius 2 is 1.73 bits per heavy atom. The Labute approximate surface area is 179 Å². The average Bonchev–Trinajstić information content (AvgIpc) is 2.94. The maximum Gasteiger partial charge on any atom is 0.193 e. The molecule has 1 aliphatic heterocycles. The third-order valence-corrected chi connectivity index (χ3v) is 6.77. The van der Waals surface area contributed by atoms with E-state index < -0.39 is 6.10 Å². The van der Waals surface area contributed by atoms with Gasteiger partial charge in [-0.2, -0.15) is 0 Å². The molecule has 160 valence electrons. The van der Waals surface area contributed by atoms with Crippen LogP contribution in [0.25, 0.3) is 0 Å². The van der Waals surface area contributed by atoms with Crippen LogP contribution in [0.3, 0.4) is 0 Å². The number of aliphatic hydroxyl groups excluding tert-OH is 1. The zero-order chi connectivity index (χ0) is 21.4. The smallest absolute Gasteiger partial charge is 0.193 e. The van der Waals surface area contributed by atoms with Gasteiger partial charge >= 0.3 is 0 Å². The van der Waals surface area contributed by atoms with E-state index in [1.54, 1.807) is 12.1 Å². The van der Waals surface area contributed by atoms with Gasteiger partial charge < -0.3 is 14.7 Å². The molecule has 2 aromatic rings. The number of likely N-dealkylation sites (tertiary alicyclic amines) is 1. The highest BCUT2D eigenvalue weighted by Gasteiger charge is 2.52. The Bertz CT molecular complexity index is 877. The molecule has 1 heterocycles. The number of carbonyl (C=O) groups excluding carboxylic acids is 1. The number of quaternary nitrogens is 1. The van der Waals surface area contributed by atoms with Crippen LogP contribution in [0, 0.1) is 10.8 Å². The highest BCUT2D eigenvalue weighted by Crippen LogP contribution is 2.47. The molecule has 1 saturated heterocycles. The van der Waals surface area contributed by atoms with Crippen LogP contribution in [0.15, 0.2) is 54.6 Å². The van der Waals surface area contributed by atoms with Crippen molar-refractivity contribution >= 4 is 5.78 Å². The van der Waals surface area contributed by atoms with Gasteiger partial charge in [0.1, 0.15) is 25.0 Å². The van der Waals surface area contributed by atoms with Crippen LogP contribution in [-0.2, 0) is 0 Å². The second-order valence-corrected chi connectivity index (χ2v) is 10.5. The zero-order valence-corrected chi connectivity index (χ0v) is 18.4. The molecule has 4 nitrogen and oxygen atoms in total. The van der Waals surface area contributed by atoms with E-state index in [-0.39, 0.29) is 12.4 Å². The monoisotopic (exact) mass is 408 g/mol. The van der Waals surface area contributed by atoms with Crippen LogP contribution in [-0.4, -0.2) is 42.7 Å².